The standard InChI is InChI=1S/C11H19N/c12-11-5-8-1-2-9(6-11)4-10(3-8)7-11/h8-10H,1-7,12H2/t8-,9?,10?,11?/m1/s1. The van der Waals surface area contributed by atoms with Crippen LogP contribution in [0.1, 0.15) is 44.9 Å². The van der Waals surface area contributed by atoms with Gasteiger partial charge in [-0.25, -0.2) is 0 Å². The normalized spacial score (nSPS) is 57.2. The second-order valence-electron chi connectivity index (χ2n) is 5.62. The van der Waals surface area contributed by atoms with E-state index in [1.807, 2.05) is 0 Å². The minimum absolute atomic E-state index is 0.285. The Morgan fingerprint density at radius 2 is 1.33 bits per heavy atom. The molecule has 1 heteroatoms. The first-order chi connectivity index (χ1) is 5.73. The Bertz CT molecular complexity index is 183. The summed E-state index contributed by atoms with van der Waals surface area (Å²) >= 11 is 0. The maximum absolute atomic E-state index is 6.42. The zero-order valence-corrected chi connectivity index (χ0v) is 7.76. The molecule has 0 aromatic heterocycles. The van der Waals surface area contributed by atoms with E-state index in [4.69, 9.17) is 5.73 Å². The molecule has 0 saturated heterocycles. The molecule has 0 aromatic carbocycles. The van der Waals surface area contributed by atoms with Crippen molar-refractivity contribution in [3.05, 3.63) is 0 Å². The first-order valence-electron chi connectivity index (χ1n) is 5.52. The van der Waals surface area contributed by atoms with Crippen molar-refractivity contribution in [2.24, 2.45) is 23.5 Å². The Kier molecular flexibility index (Phi) is 1.39. The van der Waals surface area contributed by atoms with Gasteiger partial charge in [0.25, 0.3) is 0 Å². The number of fused-ring (bicyclic) bond motifs is 1. The van der Waals surface area contributed by atoms with E-state index in [2.05, 4.69) is 0 Å². The van der Waals surface area contributed by atoms with Crippen molar-refractivity contribution in [2.75, 3.05) is 0 Å². The Labute approximate surface area is 74.7 Å². The van der Waals surface area contributed by atoms with Crippen LogP contribution in [-0.2, 0) is 0 Å². The lowest BCUT2D eigenvalue weighted by Crippen LogP contribution is -2.50. The molecule has 4 aliphatic rings. The summed E-state index contributed by atoms with van der Waals surface area (Å²) in [6.45, 7) is 0. The predicted octanol–water partition coefficient (Wildman–Crippen LogP) is 2.30. The third-order valence-electron chi connectivity index (χ3n) is 4.40. The fraction of sp³-hybridized carbons (Fsp3) is 1.00. The molecule has 4 rings (SSSR count). The quantitative estimate of drug-likeness (QED) is 0.585. The fourth-order valence-corrected chi connectivity index (χ4v) is 4.26. The summed E-state index contributed by atoms with van der Waals surface area (Å²) in [7, 11) is 0. The van der Waals surface area contributed by atoms with Crippen LogP contribution in [0.25, 0.3) is 0 Å². The molecule has 4 atom stereocenters. The predicted molar refractivity (Wildman–Crippen MR) is 49.7 cm³/mol. The summed E-state index contributed by atoms with van der Waals surface area (Å²) in [5, 5.41) is 0. The molecule has 0 radical (unpaired) electrons. The number of hydrogen-bond donors (Lipinski definition) is 1. The Morgan fingerprint density at radius 3 is 1.83 bits per heavy atom. The number of rotatable bonds is 0. The molecule has 0 heterocycles. The van der Waals surface area contributed by atoms with Crippen molar-refractivity contribution in [3.63, 3.8) is 0 Å². The van der Waals surface area contributed by atoms with Gasteiger partial charge in [0, 0.05) is 5.54 Å². The third-order valence-corrected chi connectivity index (χ3v) is 4.40. The number of hydrogen-bond acceptors (Lipinski definition) is 1. The molecule has 4 fully saturated rings. The van der Waals surface area contributed by atoms with Crippen molar-refractivity contribution in [3.8, 4) is 0 Å². The molecule has 3 unspecified atom stereocenters. The fourth-order valence-electron chi connectivity index (χ4n) is 4.26. The van der Waals surface area contributed by atoms with E-state index in [1.54, 1.807) is 0 Å². The van der Waals surface area contributed by atoms with Crippen LogP contribution < -0.4 is 5.73 Å². The molecule has 0 aromatic rings. The average Bonchev–Trinajstić information content (AvgIpc) is 2.14. The Balaban J connectivity index is 1.95. The average molecular weight is 165 g/mol. The smallest absolute Gasteiger partial charge is 0.0162 e. The van der Waals surface area contributed by atoms with E-state index >= 15 is 0 Å². The zero-order valence-electron chi connectivity index (χ0n) is 7.76. The molecular formula is C11H19N. The Morgan fingerprint density at radius 1 is 0.833 bits per heavy atom. The minimum atomic E-state index is 0.285. The van der Waals surface area contributed by atoms with Crippen molar-refractivity contribution in [1.82, 2.24) is 0 Å². The van der Waals surface area contributed by atoms with Gasteiger partial charge in [-0.3, -0.25) is 0 Å². The van der Waals surface area contributed by atoms with E-state index in [9.17, 15) is 0 Å². The van der Waals surface area contributed by atoms with Gasteiger partial charge in [-0.2, -0.15) is 0 Å². The van der Waals surface area contributed by atoms with Crippen LogP contribution in [0.5, 0.6) is 0 Å². The van der Waals surface area contributed by atoms with Gasteiger partial charge in [-0.1, -0.05) is 12.8 Å². The molecule has 4 bridgehead atoms. The highest BCUT2D eigenvalue weighted by molar-refractivity contribution is 5.02. The van der Waals surface area contributed by atoms with E-state index in [0.717, 1.165) is 17.8 Å². The third kappa shape index (κ3) is 1.02. The maximum atomic E-state index is 6.42. The van der Waals surface area contributed by atoms with Crippen LogP contribution in [0.3, 0.4) is 0 Å². The van der Waals surface area contributed by atoms with Crippen LogP contribution in [0, 0.1) is 17.8 Å². The highest BCUT2D eigenvalue weighted by atomic mass is 14.8. The van der Waals surface area contributed by atoms with Gasteiger partial charge in [0.2, 0.25) is 0 Å². The lowest BCUT2D eigenvalue weighted by molar-refractivity contribution is 0.104. The van der Waals surface area contributed by atoms with E-state index in [1.165, 1.54) is 44.9 Å². The lowest BCUT2D eigenvalue weighted by atomic mass is 9.64. The van der Waals surface area contributed by atoms with E-state index in [0.29, 0.717) is 0 Å². The van der Waals surface area contributed by atoms with Gasteiger partial charge in [0.15, 0.2) is 0 Å². The molecule has 68 valence electrons. The maximum Gasteiger partial charge on any atom is 0.0162 e. The summed E-state index contributed by atoms with van der Waals surface area (Å²) in [6.07, 6.45) is 10.0. The van der Waals surface area contributed by atoms with Crippen LogP contribution in [-0.4, -0.2) is 5.54 Å². The van der Waals surface area contributed by atoms with Crippen LogP contribution >= 0.6 is 0 Å². The molecule has 4 saturated carbocycles. The van der Waals surface area contributed by atoms with Crippen molar-refractivity contribution < 1.29 is 0 Å². The van der Waals surface area contributed by atoms with Crippen LogP contribution in [0.4, 0.5) is 0 Å². The molecule has 2 N–H and O–H groups in total. The van der Waals surface area contributed by atoms with Gasteiger partial charge < -0.3 is 5.73 Å². The molecule has 0 amide bonds. The van der Waals surface area contributed by atoms with E-state index in [-0.39, 0.29) is 5.54 Å². The monoisotopic (exact) mass is 165 g/mol. The van der Waals surface area contributed by atoms with Gasteiger partial charge in [0.1, 0.15) is 0 Å². The second kappa shape index (κ2) is 2.25. The zero-order chi connectivity index (χ0) is 8.18. The lowest BCUT2D eigenvalue weighted by Gasteiger charge is -2.45. The van der Waals surface area contributed by atoms with Crippen molar-refractivity contribution in [2.45, 2.75) is 50.5 Å². The topological polar surface area (TPSA) is 26.0 Å². The van der Waals surface area contributed by atoms with Crippen molar-refractivity contribution in [1.29, 1.82) is 0 Å². The first kappa shape index (κ1) is 7.37. The summed E-state index contributed by atoms with van der Waals surface area (Å²) in [5.41, 5.74) is 6.71. The molecule has 4 aliphatic carbocycles. The summed E-state index contributed by atoms with van der Waals surface area (Å²) in [5.74, 6) is 3.01. The summed E-state index contributed by atoms with van der Waals surface area (Å²) in [6, 6.07) is 0. The van der Waals surface area contributed by atoms with Crippen molar-refractivity contribution >= 4 is 0 Å². The van der Waals surface area contributed by atoms with E-state index < -0.39 is 0 Å². The summed E-state index contributed by atoms with van der Waals surface area (Å²) in [4.78, 5) is 0. The summed E-state index contributed by atoms with van der Waals surface area (Å²) < 4.78 is 0. The highest BCUT2D eigenvalue weighted by Gasteiger charge is 2.46. The molecule has 0 aliphatic heterocycles. The minimum Gasteiger partial charge on any atom is -0.325 e. The van der Waals surface area contributed by atoms with Crippen LogP contribution in [0.15, 0.2) is 0 Å². The van der Waals surface area contributed by atoms with Gasteiger partial charge in [-0.05, 0) is 49.9 Å². The van der Waals surface area contributed by atoms with Gasteiger partial charge >= 0.3 is 0 Å². The Hall–Kier alpha value is -0.0400. The van der Waals surface area contributed by atoms with Gasteiger partial charge in [-0.15, -0.1) is 0 Å². The second-order valence-corrected chi connectivity index (χ2v) is 5.62. The molecule has 1 nitrogen and oxygen atoms in total. The molecule has 12 heavy (non-hydrogen) atoms. The van der Waals surface area contributed by atoms with Gasteiger partial charge in [0.05, 0.1) is 0 Å². The highest BCUT2D eigenvalue weighted by Crippen LogP contribution is 2.51. The first-order valence-corrected chi connectivity index (χ1v) is 5.52. The largest absolute Gasteiger partial charge is 0.325 e. The SMILES string of the molecule is NC12CC3CC[C@H](CC(C3)C1)C2. The number of nitrogens with two attached hydrogens (primary N) is 1. The molecule has 0 spiro atoms. The molecular weight excluding hydrogens is 146 g/mol. The van der Waals surface area contributed by atoms with Crippen LogP contribution in [0.2, 0.25) is 0 Å².